The second-order valence-electron chi connectivity index (χ2n) is 10.8. The van der Waals surface area contributed by atoms with E-state index in [9.17, 15) is 9.59 Å². The van der Waals surface area contributed by atoms with Gasteiger partial charge in [0, 0.05) is 19.3 Å². The van der Waals surface area contributed by atoms with Gasteiger partial charge in [-0.3, -0.25) is 9.59 Å². The van der Waals surface area contributed by atoms with E-state index in [1.807, 2.05) is 0 Å². The van der Waals surface area contributed by atoms with Crippen LogP contribution in [0.4, 0.5) is 0 Å². The highest BCUT2D eigenvalue weighted by Gasteiger charge is 2.31. The molecule has 1 aliphatic carbocycles. The van der Waals surface area contributed by atoms with Crippen LogP contribution >= 0.6 is 0 Å². The number of hydrogen-bond acceptors (Lipinski definition) is 6. The molecule has 1 N–H and O–H groups in total. The Balaban J connectivity index is 1.19. The zero-order valence-corrected chi connectivity index (χ0v) is 23.6. The first kappa shape index (κ1) is 25.9. The minimum Gasteiger partial charge on any atom is -0.494 e. The number of aromatic amines is 1. The Morgan fingerprint density at radius 1 is 0.905 bits per heavy atom. The van der Waals surface area contributed by atoms with Crippen molar-refractivity contribution in [3.63, 3.8) is 0 Å². The SMILES string of the molecule is COc1cnc(-n2cnc(C)n2)c2[nH]cc(C(=O)C(=O)N3CCC(=C4c5ccccc5CCc5ccccc54)CC3)c12. The summed E-state index contributed by atoms with van der Waals surface area (Å²) in [6, 6.07) is 17.3. The van der Waals surface area contributed by atoms with E-state index in [-0.39, 0.29) is 5.56 Å². The van der Waals surface area contributed by atoms with E-state index in [4.69, 9.17) is 4.74 Å². The number of hydrogen-bond donors (Lipinski definition) is 1. The number of nitrogens with one attached hydrogen (secondary N) is 1. The summed E-state index contributed by atoms with van der Waals surface area (Å²) >= 11 is 0. The molecule has 0 atom stereocenters. The predicted molar refractivity (Wildman–Crippen MR) is 159 cm³/mol. The number of rotatable bonds is 4. The normalized spacial score (nSPS) is 14.9. The lowest BCUT2D eigenvalue weighted by molar-refractivity contribution is -0.126. The van der Waals surface area contributed by atoms with Gasteiger partial charge in [-0.1, -0.05) is 54.1 Å². The lowest BCUT2D eigenvalue weighted by atomic mass is 9.86. The molecule has 210 valence electrons. The van der Waals surface area contributed by atoms with Crippen molar-refractivity contribution in [3.8, 4) is 11.6 Å². The number of methoxy groups -OCH3 is 1. The van der Waals surface area contributed by atoms with Crippen LogP contribution in [0.5, 0.6) is 5.75 Å². The van der Waals surface area contributed by atoms with Gasteiger partial charge in [0.1, 0.15) is 17.9 Å². The number of Topliss-reactive ketones (excluding diaryl/α,β-unsaturated/α-hetero) is 1. The molecule has 3 aromatic heterocycles. The Hall–Kier alpha value is -5.05. The molecule has 5 aromatic rings. The largest absolute Gasteiger partial charge is 0.494 e. The number of likely N-dealkylation sites (tertiary alicyclic amines) is 1. The number of amides is 1. The summed E-state index contributed by atoms with van der Waals surface area (Å²) in [5.41, 5.74) is 8.70. The average Bonchev–Trinajstić information content (AvgIpc) is 3.63. The van der Waals surface area contributed by atoms with E-state index in [0.717, 1.165) is 12.8 Å². The Labute approximate surface area is 242 Å². The van der Waals surface area contributed by atoms with E-state index in [1.54, 1.807) is 24.3 Å². The highest BCUT2D eigenvalue weighted by molar-refractivity contribution is 6.45. The zero-order chi connectivity index (χ0) is 28.8. The number of aryl methyl sites for hydroxylation is 3. The molecule has 0 spiro atoms. The number of H-pyrrole nitrogens is 1. The van der Waals surface area contributed by atoms with Crippen molar-refractivity contribution in [1.29, 1.82) is 0 Å². The zero-order valence-electron chi connectivity index (χ0n) is 23.6. The summed E-state index contributed by atoms with van der Waals surface area (Å²) in [4.78, 5) is 40.7. The monoisotopic (exact) mass is 558 g/mol. The number of aromatic nitrogens is 5. The quantitative estimate of drug-likeness (QED) is 0.249. The molecule has 1 saturated heterocycles. The first-order chi connectivity index (χ1) is 20.5. The van der Waals surface area contributed by atoms with Gasteiger partial charge in [0.25, 0.3) is 11.7 Å². The number of benzene rings is 2. The Morgan fingerprint density at radius 3 is 2.19 bits per heavy atom. The molecule has 2 aliphatic rings. The summed E-state index contributed by atoms with van der Waals surface area (Å²) in [6.07, 6.45) is 8.09. The highest BCUT2D eigenvalue weighted by atomic mass is 16.5. The third kappa shape index (κ3) is 4.29. The van der Waals surface area contributed by atoms with E-state index in [1.165, 1.54) is 51.4 Å². The second kappa shape index (κ2) is 10.4. The third-order valence-corrected chi connectivity index (χ3v) is 8.38. The number of fused-ring (bicyclic) bond motifs is 3. The van der Waals surface area contributed by atoms with Gasteiger partial charge >= 0.3 is 0 Å². The number of ether oxygens (including phenoxy) is 1. The smallest absolute Gasteiger partial charge is 0.295 e. The molecule has 0 bridgehead atoms. The van der Waals surface area contributed by atoms with Crippen LogP contribution in [0, 0.1) is 6.92 Å². The average molecular weight is 559 g/mol. The van der Waals surface area contributed by atoms with Crippen LogP contribution in [0.15, 0.2) is 72.8 Å². The van der Waals surface area contributed by atoms with Crippen LogP contribution in [0.3, 0.4) is 0 Å². The highest BCUT2D eigenvalue weighted by Crippen LogP contribution is 2.39. The van der Waals surface area contributed by atoms with Crippen molar-refractivity contribution in [1.82, 2.24) is 29.6 Å². The molecule has 9 nitrogen and oxygen atoms in total. The van der Waals surface area contributed by atoms with Crippen molar-refractivity contribution in [3.05, 3.63) is 106 Å². The topological polar surface area (TPSA) is 106 Å². The van der Waals surface area contributed by atoms with E-state index < -0.39 is 11.7 Å². The van der Waals surface area contributed by atoms with E-state index in [2.05, 4.69) is 68.6 Å². The fourth-order valence-electron chi connectivity index (χ4n) is 6.31. The Morgan fingerprint density at radius 2 is 1.57 bits per heavy atom. The maximum atomic E-state index is 13.7. The van der Waals surface area contributed by atoms with Gasteiger partial charge in [0.2, 0.25) is 0 Å². The molecule has 9 heteroatoms. The summed E-state index contributed by atoms with van der Waals surface area (Å²) in [5.74, 6) is 0.371. The molecule has 1 fully saturated rings. The molecule has 4 heterocycles. The fourth-order valence-corrected chi connectivity index (χ4v) is 6.31. The second-order valence-corrected chi connectivity index (χ2v) is 10.8. The van der Waals surface area contributed by atoms with Crippen molar-refractivity contribution in [2.75, 3.05) is 20.2 Å². The summed E-state index contributed by atoms with van der Waals surface area (Å²) in [7, 11) is 1.52. The predicted octanol–water partition coefficient (Wildman–Crippen LogP) is 4.87. The van der Waals surface area contributed by atoms with Crippen LogP contribution in [-0.4, -0.2) is 61.5 Å². The Kier molecular flexibility index (Phi) is 6.42. The summed E-state index contributed by atoms with van der Waals surface area (Å²) in [6.45, 7) is 2.75. The Bertz CT molecular complexity index is 1840. The van der Waals surface area contributed by atoms with Gasteiger partial charge in [0.05, 0.1) is 29.8 Å². The molecule has 2 aromatic carbocycles. The first-order valence-corrected chi connectivity index (χ1v) is 14.2. The lowest BCUT2D eigenvalue weighted by Gasteiger charge is -2.30. The standard InChI is InChI=1S/C33H30N6O3/c1-20-36-19-39(37-20)32-30-29(27(42-2)18-35-32)26(17-34-30)31(40)33(41)38-15-13-23(14-16-38)28-24-9-5-3-7-21(24)11-12-22-8-4-6-10-25(22)28/h3-10,17-19,34H,11-16H2,1-2H3. The number of pyridine rings is 1. The van der Waals surface area contributed by atoms with E-state index >= 15 is 0 Å². The van der Waals surface area contributed by atoms with Gasteiger partial charge in [-0.15, -0.1) is 0 Å². The minimum atomic E-state index is -0.576. The maximum absolute atomic E-state index is 13.7. The van der Waals surface area contributed by atoms with E-state index in [0.29, 0.717) is 54.2 Å². The van der Waals surface area contributed by atoms with Crippen molar-refractivity contribution in [2.24, 2.45) is 0 Å². The molecule has 7 rings (SSSR count). The lowest BCUT2D eigenvalue weighted by Crippen LogP contribution is -2.40. The van der Waals surface area contributed by atoms with Crippen molar-refractivity contribution in [2.45, 2.75) is 32.6 Å². The number of nitrogens with zero attached hydrogens (tertiary/aromatic N) is 5. The van der Waals surface area contributed by atoms with Crippen LogP contribution in [-0.2, 0) is 17.6 Å². The van der Waals surface area contributed by atoms with Gasteiger partial charge < -0.3 is 14.6 Å². The van der Waals surface area contributed by atoms with Gasteiger partial charge in [-0.05, 0) is 60.4 Å². The van der Waals surface area contributed by atoms with Crippen LogP contribution in [0.1, 0.15) is 51.3 Å². The maximum Gasteiger partial charge on any atom is 0.295 e. The number of carbonyl (C=O) groups is 2. The van der Waals surface area contributed by atoms with Gasteiger partial charge in [-0.25, -0.2) is 14.6 Å². The molecule has 0 radical (unpaired) electrons. The third-order valence-electron chi connectivity index (χ3n) is 8.38. The van der Waals surface area contributed by atoms with Crippen molar-refractivity contribution < 1.29 is 14.3 Å². The van der Waals surface area contributed by atoms with Crippen LogP contribution in [0.25, 0.3) is 22.3 Å². The van der Waals surface area contributed by atoms with Gasteiger partial charge in [0.15, 0.2) is 5.82 Å². The van der Waals surface area contributed by atoms with Crippen LogP contribution < -0.4 is 4.74 Å². The molecule has 1 amide bonds. The molecular formula is C33H30N6O3. The summed E-state index contributed by atoms with van der Waals surface area (Å²) < 4.78 is 7.07. The van der Waals surface area contributed by atoms with Crippen molar-refractivity contribution >= 4 is 28.2 Å². The minimum absolute atomic E-state index is 0.253. The van der Waals surface area contributed by atoms with Crippen LogP contribution in [0.2, 0.25) is 0 Å². The molecule has 1 aliphatic heterocycles. The number of ketones is 1. The summed E-state index contributed by atoms with van der Waals surface area (Å²) in [5, 5.41) is 4.85. The molecule has 0 unspecified atom stereocenters. The number of piperidine rings is 1. The molecule has 0 saturated carbocycles. The molecular weight excluding hydrogens is 528 g/mol. The number of carbonyl (C=O) groups excluding carboxylic acids is 2. The fraction of sp³-hybridized carbons (Fsp3) is 0.242. The van der Waals surface area contributed by atoms with Gasteiger partial charge in [-0.2, -0.15) is 5.10 Å². The first-order valence-electron chi connectivity index (χ1n) is 14.2. The molecule has 42 heavy (non-hydrogen) atoms.